The highest BCUT2D eigenvalue weighted by Crippen LogP contribution is 2.27. The van der Waals surface area contributed by atoms with Crippen LogP contribution in [0.25, 0.3) is 0 Å². The lowest BCUT2D eigenvalue weighted by atomic mass is 9.95. The number of thioether (sulfide) groups is 1. The van der Waals surface area contributed by atoms with Crippen molar-refractivity contribution in [3.05, 3.63) is 23.7 Å². The van der Waals surface area contributed by atoms with E-state index in [-0.39, 0.29) is 23.5 Å². The first-order chi connectivity index (χ1) is 9.10. The summed E-state index contributed by atoms with van der Waals surface area (Å²) in [5.41, 5.74) is 0. The number of furan rings is 1. The fourth-order valence-electron chi connectivity index (χ4n) is 2.32. The second kappa shape index (κ2) is 6.14. The van der Waals surface area contributed by atoms with Gasteiger partial charge in [-0.2, -0.15) is 11.8 Å². The Kier molecular flexibility index (Phi) is 4.52. The molecule has 104 valence electrons. The third-order valence-electron chi connectivity index (χ3n) is 3.34. The largest absolute Gasteiger partial charge is 0.475 e. The van der Waals surface area contributed by atoms with Gasteiger partial charge in [0.2, 0.25) is 5.76 Å². The number of nitrogens with one attached hydrogen (secondary N) is 1. The van der Waals surface area contributed by atoms with Crippen LogP contribution >= 0.6 is 11.8 Å². The summed E-state index contributed by atoms with van der Waals surface area (Å²) in [4.78, 5) is 22.6. The summed E-state index contributed by atoms with van der Waals surface area (Å²) < 4.78 is 4.98. The Morgan fingerprint density at radius 1 is 1.37 bits per heavy atom. The minimum atomic E-state index is -1.17. The normalized spacial score (nSPS) is 23.0. The molecule has 2 N–H and O–H groups in total. The molecule has 0 unspecified atom stereocenters. The maximum atomic E-state index is 11.9. The van der Waals surface area contributed by atoms with Gasteiger partial charge in [0.05, 0.1) is 0 Å². The van der Waals surface area contributed by atoms with Gasteiger partial charge >= 0.3 is 5.97 Å². The van der Waals surface area contributed by atoms with Crippen molar-refractivity contribution in [1.82, 2.24) is 5.32 Å². The van der Waals surface area contributed by atoms with Crippen LogP contribution in [-0.4, -0.2) is 34.5 Å². The van der Waals surface area contributed by atoms with Gasteiger partial charge in [-0.1, -0.05) is 6.42 Å². The lowest BCUT2D eigenvalue weighted by molar-refractivity contribution is 0.0659. The van der Waals surface area contributed by atoms with Crippen LogP contribution in [0.1, 0.15) is 46.8 Å². The van der Waals surface area contributed by atoms with Crippen LogP contribution in [0.15, 0.2) is 16.5 Å². The van der Waals surface area contributed by atoms with E-state index in [4.69, 9.17) is 9.52 Å². The number of rotatable bonds is 4. The molecule has 0 aliphatic heterocycles. The number of carboxylic acid groups (broad SMARTS) is 1. The van der Waals surface area contributed by atoms with Gasteiger partial charge in [-0.25, -0.2) is 4.79 Å². The van der Waals surface area contributed by atoms with Crippen LogP contribution in [0.4, 0.5) is 0 Å². The van der Waals surface area contributed by atoms with E-state index in [0.29, 0.717) is 5.25 Å². The molecule has 1 heterocycles. The predicted octanol–water partition coefficient (Wildman–Crippen LogP) is 2.38. The van der Waals surface area contributed by atoms with Crippen molar-refractivity contribution >= 4 is 23.6 Å². The second-order valence-corrected chi connectivity index (χ2v) is 5.80. The number of hydrogen-bond acceptors (Lipinski definition) is 4. The Balaban J connectivity index is 1.94. The lowest BCUT2D eigenvalue weighted by Gasteiger charge is -2.28. The van der Waals surface area contributed by atoms with E-state index in [1.807, 2.05) is 11.8 Å². The summed E-state index contributed by atoms with van der Waals surface area (Å²) in [6.45, 7) is 0. The molecule has 1 aliphatic carbocycles. The highest BCUT2D eigenvalue weighted by Gasteiger charge is 2.24. The molecule has 1 aromatic heterocycles. The van der Waals surface area contributed by atoms with Crippen molar-refractivity contribution in [2.24, 2.45) is 0 Å². The highest BCUT2D eigenvalue weighted by atomic mass is 32.2. The fourth-order valence-corrected chi connectivity index (χ4v) is 3.15. The molecule has 6 heteroatoms. The smallest absolute Gasteiger partial charge is 0.371 e. The number of hydrogen-bond donors (Lipinski definition) is 2. The number of carbonyl (C=O) groups is 2. The van der Waals surface area contributed by atoms with Crippen LogP contribution in [0, 0.1) is 0 Å². The van der Waals surface area contributed by atoms with Crippen molar-refractivity contribution in [1.29, 1.82) is 0 Å². The molecule has 0 bridgehead atoms. The Labute approximate surface area is 115 Å². The third-order valence-corrected chi connectivity index (χ3v) is 4.43. The van der Waals surface area contributed by atoms with Gasteiger partial charge in [0.25, 0.3) is 5.91 Å². The van der Waals surface area contributed by atoms with Gasteiger partial charge in [0.15, 0.2) is 5.76 Å². The zero-order valence-corrected chi connectivity index (χ0v) is 11.5. The molecule has 0 saturated heterocycles. The number of amides is 1. The number of carbonyl (C=O) groups excluding carboxylic acids is 1. The van der Waals surface area contributed by atoms with Gasteiger partial charge in [-0.15, -0.1) is 0 Å². The summed E-state index contributed by atoms with van der Waals surface area (Å²) in [5, 5.41) is 12.2. The van der Waals surface area contributed by atoms with Crippen molar-refractivity contribution in [3.8, 4) is 0 Å². The number of aromatic carboxylic acids is 1. The summed E-state index contributed by atoms with van der Waals surface area (Å²) in [6, 6.07) is 2.84. The molecular formula is C13H17NO4S. The summed E-state index contributed by atoms with van der Waals surface area (Å²) >= 11 is 1.83. The van der Waals surface area contributed by atoms with Crippen LogP contribution in [0.2, 0.25) is 0 Å². The molecule has 1 fully saturated rings. The van der Waals surface area contributed by atoms with Crippen LogP contribution in [-0.2, 0) is 0 Å². The van der Waals surface area contributed by atoms with E-state index >= 15 is 0 Å². The molecule has 2 atom stereocenters. The van der Waals surface area contributed by atoms with Crippen LogP contribution in [0.5, 0.6) is 0 Å². The first-order valence-electron chi connectivity index (χ1n) is 6.27. The Bertz CT molecular complexity index is 471. The van der Waals surface area contributed by atoms with E-state index in [1.54, 1.807) is 0 Å². The van der Waals surface area contributed by atoms with Gasteiger partial charge in [0.1, 0.15) is 0 Å². The molecule has 19 heavy (non-hydrogen) atoms. The van der Waals surface area contributed by atoms with Crippen LogP contribution in [0.3, 0.4) is 0 Å². The van der Waals surface area contributed by atoms with E-state index in [1.165, 1.54) is 18.6 Å². The topological polar surface area (TPSA) is 79.5 Å². The maximum absolute atomic E-state index is 11.9. The Hall–Kier alpha value is -1.43. The zero-order chi connectivity index (χ0) is 13.8. The zero-order valence-electron chi connectivity index (χ0n) is 10.7. The van der Waals surface area contributed by atoms with Gasteiger partial charge < -0.3 is 14.8 Å². The summed E-state index contributed by atoms with van der Waals surface area (Å²) in [5.74, 6) is -1.65. The van der Waals surface area contributed by atoms with Crippen molar-refractivity contribution in [2.45, 2.75) is 37.0 Å². The minimum Gasteiger partial charge on any atom is -0.475 e. The van der Waals surface area contributed by atoms with E-state index in [2.05, 4.69) is 11.6 Å². The van der Waals surface area contributed by atoms with Crippen LogP contribution < -0.4 is 5.32 Å². The van der Waals surface area contributed by atoms with Crippen molar-refractivity contribution in [3.63, 3.8) is 0 Å². The summed E-state index contributed by atoms with van der Waals surface area (Å²) in [6.07, 6.45) is 6.31. The minimum absolute atomic E-state index is 0.0590. The van der Waals surface area contributed by atoms with Gasteiger partial charge in [0, 0.05) is 11.3 Å². The molecule has 1 saturated carbocycles. The molecule has 0 aromatic carbocycles. The van der Waals surface area contributed by atoms with Crippen molar-refractivity contribution in [2.75, 3.05) is 6.26 Å². The van der Waals surface area contributed by atoms with E-state index in [0.717, 1.165) is 19.3 Å². The molecule has 1 aliphatic rings. The monoisotopic (exact) mass is 283 g/mol. The van der Waals surface area contributed by atoms with Gasteiger partial charge in [-0.3, -0.25) is 4.79 Å². The molecule has 1 aromatic rings. The Morgan fingerprint density at radius 3 is 2.74 bits per heavy atom. The molecule has 5 nitrogen and oxygen atoms in total. The average Bonchev–Trinajstić information content (AvgIpc) is 2.89. The third kappa shape index (κ3) is 3.53. The highest BCUT2D eigenvalue weighted by molar-refractivity contribution is 7.99. The molecule has 0 spiro atoms. The standard InChI is InChI=1S/C13H17NO4S/c1-19-9-4-2-3-8(7-9)14-12(15)10-5-6-11(18-10)13(16)17/h5-6,8-9H,2-4,7H2,1H3,(H,14,15)(H,16,17)/t8-,9+/m1/s1. The second-order valence-electron chi connectivity index (χ2n) is 4.66. The summed E-state index contributed by atoms with van der Waals surface area (Å²) in [7, 11) is 0. The quantitative estimate of drug-likeness (QED) is 0.887. The maximum Gasteiger partial charge on any atom is 0.371 e. The number of carboxylic acids is 1. The first-order valence-corrected chi connectivity index (χ1v) is 7.55. The molecular weight excluding hydrogens is 266 g/mol. The predicted molar refractivity (Wildman–Crippen MR) is 72.7 cm³/mol. The van der Waals surface area contributed by atoms with E-state index < -0.39 is 5.97 Å². The first kappa shape index (κ1) is 14.0. The van der Waals surface area contributed by atoms with Crippen molar-refractivity contribution < 1.29 is 19.1 Å². The van der Waals surface area contributed by atoms with E-state index in [9.17, 15) is 9.59 Å². The fraction of sp³-hybridized carbons (Fsp3) is 0.538. The average molecular weight is 283 g/mol. The molecule has 1 amide bonds. The molecule has 0 radical (unpaired) electrons. The SMILES string of the molecule is CS[C@H]1CCC[C@@H](NC(=O)c2ccc(C(=O)O)o2)C1. The Morgan fingerprint density at radius 2 is 2.11 bits per heavy atom. The van der Waals surface area contributed by atoms with Gasteiger partial charge in [-0.05, 0) is 37.7 Å². The lowest BCUT2D eigenvalue weighted by Crippen LogP contribution is -2.38. The molecule has 2 rings (SSSR count).